The van der Waals surface area contributed by atoms with Crippen LogP contribution in [-0.4, -0.2) is 42.6 Å². The van der Waals surface area contributed by atoms with Gasteiger partial charge >= 0.3 is 0 Å². The zero-order valence-electron chi connectivity index (χ0n) is 9.24. The molecule has 0 aromatic carbocycles. The minimum atomic E-state index is -0.166. The monoisotopic (exact) mass is 211 g/mol. The molecule has 4 heteroatoms. The lowest BCUT2D eigenvalue weighted by atomic mass is 9.93. The molecule has 1 heterocycles. The third-order valence-electron chi connectivity index (χ3n) is 3.54. The number of rotatable bonds is 2. The Balaban J connectivity index is 1.88. The van der Waals surface area contributed by atoms with Crippen LogP contribution in [0.25, 0.3) is 0 Å². The van der Waals surface area contributed by atoms with Crippen molar-refractivity contribution in [2.75, 3.05) is 19.7 Å². The summed E-state index contributed by atoms with van der Waals surface area (Å²) in [7, 11) is 0. The van der Waals surface area contributed by atoms with Crippen molar-refractivity contribution >= 4 is 5.84 Å². The van der Waals surface area contributed by atoms with Crippen LogP contribution < -0.4 is 5.73 Å². The van der Waals surface area contributed by atoms with Crippen molar-refractivity contribution in [1.29, 1.82) is 5.41 Å². The van der Waals surface area contributed by atoms with Crippen LogP contribution in [0.3, 0.4) is 0 Å². The van der Waals surface area contributed by atoms with E-state index in [9.17, 15) is 0 Å². The minimum Gasteiger partial charge on any atom is -0.385 e. The fraction of sp³-hybridized carbons (Fsp3) is 0.909. The molecule has 2 aliphatic rings. The van der Waals surface area contributed by atoms with Gasteiger partial charge in [0.15, 0.2) is 0 Å². The molecule has 1 atom stereocenters. The van der Waals surface area contributed by atoms with Gasteiger partial charge in [-0.2, -0.15) is 0 Å². The van der Waals surface area contributed by atoms with Gasteiger partial charge in [0.1, 0.15) is 11.9 Å². The Labute approximate surface area is 91.3 Å². The molecule has 1 aliphatic carbocycles. The number of ether oxygens (including phenoxy) is 1. The summed E-state index contributed by atoms with van der Waals surface area (Å²) in [4.78, 5) is 2.47. The summed E-state index contributed by atoms with van der Waals surface area (Å²) in [5, 5.41) is 7.42. The van der Waals surface area contributed by atoms with Gasteiger partial charge in [-0.1, -0.05) is 19.3 Å². The highest BCUT2D eigenvalue weighted by atomic mass is 16.5. The van der Waals surface area contributed by atoms with Gasteiger partial charge in [-0.05, 0) is 12.8 Å². The first-order chi connectivity index (χ1) is 7.27. The Hall–Kier alpha value is -0.610. The summed E-state index contributed by atoms with van der Waals surface area (Å²) in [5.74, 6) is 0.176. The second-order valence-electron chi connectivity index (χ2n) is 4.60. The van der Waals surface area contributed by atoms with Gasteiger partial charge in [0.05, 0.1) is 6.61 Å². The van der Waals surface area contributed by atoms with E-state index in [0.29, 0.717) is 6.04 Å². The van der Waals surface area contributed by atoms with E-state index in [-0.39, 0.29) is 11.9 Å². The van der Waals surface area contributed by atoms with Crippen LogP contribution in [0.5, 0.6) is 0 Å². The lowest BCUT2D eigenvalue weighted by Gasteiger charge is -2.39. The van der Waals surface area contributed by atoms with Crippen LogP contribution in [-0.2, 0) is 4.74 Å². The summed E-state index contributed by atoms with van der Waals surface area (Å²) >= 11 is 0. The maximum Gasteiger partial charge on any atom is 0.127 e. The zero-order chi connectivity index (χ0) is 10.7. The van der Waals surface area contributed by atoms with Gasteiger partial charge in [-0.25, -0.2) is 0 Å². The summed E-state index contributed by atoms with van der Waals surface area (Å²) in [6.07, 6.45) is 6.55. The molecule has 0 spiro atoms. The number of nitrogens with zero attached hydrogens (tertiary/aromatic N) is 1. The van der Waals surface area contributed by atoms with Gasteiger partial charge in [0.2, 0.25) is 0 Å². The van der Waals surface area contributed by atoms with Crippen LogP contribution in [0.2, 0.25) is 0 Å². The smallest absolute Gasteiger partial charge is 0.127 e. The van der Waals surface area contributed by atoms with Gasteiger partial charge in [-0.3, -0.25) is 10.3 Å². The number of nitrogens with one attached hydrogen (secondary N) is 1. The maximum absolute atomic E-state index is 7.42. The number of hydrogen-bond donors (Lipinski definition) is 2. The molecule has 4 nitrogen and oxygen atoms in total. The Kier molecular flexibility index (Phi) is 3.59. The minimum absolute atomic E-state index is 0.166. The van der Waals surface area contributed by atoms with E-state index >= 15 is 0 Å². The summed E-state index contributed by atoms with van der Waals surface area (Å²) in [6.45, 7) is 2.55. The Morgan fingerprint density at radius 1 is 1.27 bits per heavy atom. The maximum atomic E-state index is 7.42. The van der Waals surface area contributed by atoms with Crippen molar-refractivity contribution in [3.8, 4) is 0 Å². The SMILES string of the molecule is N=C(N)C1CN(C2CCCCC2)CCO1. The van der Waals surface area contributed by atoms with Gasteiger partial charge in [0.25, 0.3) is 0 Å². The normalized spacial score (nSPS) is 30.3. The van der Waals surface area contributed by atoms with Crippen LogP contribution in [0.4, 0.5) is 0 Å². The van der Waals surface area contributed by atoms with Gasteiger partial charge < -0.3 is 10.5 Å². The largest absolute Gasteiger partial charge is 0.385 e. The second kappa shape index (κ2) is 4.94. The summed E-state index contributed by atoms with van der Waals surface area (Å²) in [6, 6.07) is 0.712. The molecule has 15 heavy (non-hydrogen) atoms. The van der Waals surface area contributed by atoms with Gasteiger partial charge in [0, 0.05) is 19.1 Å². The lowest BCUT2D eigenvalue weighted by molar-refractivity contribution is -0.0186. The van der Waals surface area contributed by atoms with E-state index in [2.05, 4.69) is 4.90 Å². The third-order valence-corrected chi connectivity index (χ3v) is 3.54. The number of nitrogens with two attached hydrogens (primary N) is 1. The fourth-order valence-electron chi connectivity index (χ4n) is 2.64. The van der Waals surface area contributed by atoms with Crippen molar-refractivity contribution < 1.29 is 4.74 Å². The molecule has 86 valence electrons. The van der Waals surface area contributed by atoms with E-state index in [1.165, 1.54) is 32.1 Å². The molecule has 0 radical (unpaired) electrons. The Morgan fingerprint density at radius 2 is 2.00 bits per heavy atom. The number of morpholine rings is 1. The molecule has 2 rings (SSSR count). The van der Waals surface area contributed by atoms with Gasteiger partial charge in [-0.15, -0.1) is 0 Å². The molecule has 2 fully saturated rings. The predicted molar refractivity (Wildman–Crippen MR) is 60.1 cm³/mol. The van der Waals surface area contributed by atoms with Crippen LogP contribution in [0, 0.1) is 5.41 Å². The highest BCUT2D eigenvalue weighted by Gasteiger charge is 2.28. The molecule has 0 amide bonds. The molecular weight excluding hydrogens is 190 g/mol. The van der Waals surface area contributed by atoms with Crippen molar-refractivity contribution in [2.24, 2.45) is 5.73 Å². The molecule has 0 aromatic rings. The van der Waals surface area contributed by atoms with Crippen molar-refractivity contribution in [2.45, 2.75) is 44.2 Å². The molecule has 0 aromatic heterocycles. The highest BCUT2D eigenvalue weighted by molar-refractivity contribution is 5.82. The molecule has 1 aliphatic heterocycles. The average Bonchev–Trinajstić information content (AvgIpc) is 2.30. The lowest BCUT2D eigenvalue weighted by Crippen LogP contribution is -2.52. The van der Waals surface area contributed by atoms with Crippen molar-refractivity contribution in [3.63, 3.8) is 0 Å². The topological polar surface area (TPSA) is 62.3 Å². The summed E-state index contributed by atoms with van der Waals surface area (Å²) < 4.78 is 5.47. The fourth-order valence-corrected chi connectivity index (χ4v) is 2.64. The first-order valence-electron chi connectivity index (χ1n) is 5.97. The molecule has 1 saturated carbocycles. The van der Waals surface area contributed by atoms with Crippen LogP contribution in [0.15, 0.2) is 0 Å². The number of hydrogen-bond acceptors (Lipinski definition) is 3. The third kappa shape index (κ3) is 2.69. The summed E-state index contributed by atoms with van der Waals surface area (Å²) in [5.41, 5.74) is 5.49. The number of amidine groups is 1. The molecular formula is C11H21N3O. The standard InChI is InChI=1S/C11H21N3O/c12-11(13)10-8-14(6-7-15-10)9-4-2-1-3-5-9/h9-10H,1-8H2,(H3,12,13). The van der Waals surface area contributed by atoms with Crippen LogP contribution >= 0.6 is 0 Å². The van der Waals surface area contributed by atoms with Crippen molar-refractivity contribution in [3.05, 3.63) is 0 Å². The van der Waals surface area contributed by atoms with Crippen LogP contribution in [0.1, 0.15) is 32.1 Å². The Morgan fingerprint density at radius 3 is 2.67 bits per heavy atom. The van der Waals surface area contributed by atoms with Crippen molar-refractivity contribution in [1.82, 2.24) is 4.90 Å². The van der Waals surface area contributed by atoms with E-state index in [4.69, 9.17) is 15.9 Å². The molecule has 1 unspecified atom stereocenters. The molecule has 0 bridgehead atoms. The second-order valence-corrected chi connectivity index (χ2v) is 4.60. The molecule has 3 N–H and O–H groups in total. The first-order valence-corrected chi connectivity index (χ1v) is 5.97. The first kappa shape index (κ1) is 10.9. The van der Waals surface area contributed by atoms with E-state index in [1.807, 2.05) is 0 Å². The van der Waals surface area contributed by atoms with E-state index < -0.39 is 0 Å². The quantitative estimate of drug-likeness (QED) is 0.528. The van der Waals surface area contributed by atoms with E-state index in [0.717, 1.165) is 19.7 Å². The average molecular weight is 211 g/mol. The van der Waals surface area contributed by atoms with E-state index in [1.54, 1.807) is 0 Å². The highest BCUT2D eigenvalue weighted by Crippen LogP contribution is 2.24. The zero-order valence-corrected chi connectivity index (χ0v) is 9.24. The molecule has 1 saturated heterocycles. The predicted octanol–water partition coefficient (Wildman–Crippen LogP) is 0.956. The Bertz CT molecular complexity index is 226.